The molecule has 0 aliphatic carbocycles. The van der Waals surface area contributed by atoms with Crippen molar-refractivity contribution in [1.82, 2.24) is 4.98 Å². The molecule has 0 saturated heterocycles. The average Bonchev–Trinajstić information content (AvgIpc) is 2.53. The van der Waals surface area contributed by atoms with Gasteiger partial charge >= 0.3 is 0 Å². The van der Waals surface area contributed by atoms with Crippen LogP contribution in [0, 0.1) is 5.82 Å². The molecule has 1 aromatic heterocycles. The van der Waals surface area contributed by atoms with E-state index in [-0.39, 0.29) is 5.78 Å². The largest absolute Gasteiger partial charge is 0.497 e. The Labute approximate surface area is 123 Å². The number of carbonyl (C=O) groups excluding carboxylic acids is 1. The number of methoxy groups -OCH3 is 1. The Morgan fingerprint density at radius 3 is 2.52 bits per heavy atom. The molecular formula is C16H17FN2O2. The third-order valence-corrected chi connectivity index (χ3v) is 3.20. The van der Waals surface area contributed by atoms with Crippen LogP contribution in [0.4, 0.5) is 10.1 Å². The Balaban J connectivity index is 1.92. The number of carbonyl (C=O) groups is 1. The third kappa shape index (κ3) is 4.02. The molecule has 0 fully saturated rings. The number of ether oxygens (including phenoxy) is 1. The zero-order chi connectivity index (χ0) is 15.2. The molecule has 0 radical (unpaired) electrons. The molecule has 4 nitrogen and oxygen atoms in total. The van der Waals surface area contributed by atoms with Crippen molar-refractivity contribution in [1.29, 1.82) is 0 Å². The fourth-order valence-electron chi connectivity index (χ4n) is 1.90. The number of hydrogen-bond donors (Lipinski definition) is 0. The van der Waals surface area contributed by atoms with Gasteiger partial charge in [-0.2, -0.15) is 0 Å². The number of halogens is 1. The van der Waals surface area contributed by atoms with E-state index < -0.39 is 5.82 Å². The van der Waals surface area contributed by atoms with Gasteiger partial charge in [0.15, 0.2) is 5.78 Å². The van der Waals surface area contributed by atoms with Gasteiger partial charge < -0.3 is 9.64 Å². The van der Waals surface area contributed by atoms with E-state index in [0.717, 1.165) is 17.6 Å². The maximum absolute atomic E-state index is 12.8. The first kappa shape index (κ1) is 15.0. The lowest BCUT2D eigenvalue weighted by atomic mass is 10.2. The number of benzene rings is 1. The summed E-state index contributed by atoms with van der Waals surface area (Å²) in [4.78, 5) is 17.7. The number of aromatic nitrogens is 1. The summed E-state index contributed by atoms with van der Waals surface area (Å²) in [5.74, 6) is 0.246. The first-order valence-corrected chi connectivity index (χ1v) is 6.60. The quantitative estimate of drug-likeness (QED) is 0.766. The number of ketones is 1. The first-order valence-electron chi connectivity index (χ1n) is 6.60. The normalized spacial score (nSPS) is 10.2. The summed E-state index contributed by atoms with van der Waals surface area (Å²) in [7, 11) is 3.53. The van der Waals surface area contributed by atoms with Gasteiger partial charge in [0.05, 0.1) is 13.3 Å². The first-order chi connectivity index (χ1) is 10.1. The zero-order valence-corrected chi connectivity index (χ0v) is 12.0. The monoisotopic (exact) mass is 288 g/mol. The molecule has 0 atom stereocenters. The number of anilines is 1. The fourth-order valence-corrected chi connectivity index (χ4v) is 1.90. The topological polar surface area (TPSA) is 42.4 Å². The zero-order valence-electron chi connectivity index (χ0n) is 12.0. The van der Waals surface area contributed by atoms with Crippen LogP contribution < -0.4 is 9.64 Å². The lowest BCUT2D eigenvalue weighted by Gasteiger charge is -2.19. The molecule has 2 rings (SSSR count). The molecule has 0 unspecified atom stereocenters. The minimum absolute atomic E-state index is 0.102. The Hall–Kier alpha value is -2.43. The number of nitrogens with zero attached hydrogens (tertiary/aromatic N) is 2. The van der Waals surface area contributed by atoms with Gasteiger partial charge in [0.1, 0.15) is 17.3 Å². The SMILES string of the molecule is COc1ccc(N(C)CCC(=O)c2ccc(F)cn2)cc1. The fraction of sp³-hybridized carbons (Fsp3) is 0.250. The van der Waals surface area contributed by atoms with Crippen LogP contribution in [0.25, 0.3) is 0 Å². The van der Waals surface area contributed by atoms with Gasteiger partial charge in [-0.25, -0.2) is 4.39 Å². The van der Waals surface area contributed by atoms with E-state index in [1.165, 1.54) is 12.1 Å². The number of Topliss-reactive ketones (excluding diaryl/α,β-unsaturated/α-hetero) is 1. The van der Waals surface area contributed by atoms with E-state index in [2.05, 4.69) is 4.98 Å². The molecule has 0 saturated carbocycles. The van der Waals surface area contributed by atoms with Crippen molar-refractivity contribution in [2.75, 3.05) is 25.6 Å². The number of pyridine rings is 1. The molecule has 21 heavy (non-hydrogen) atoms. The molecule has 5 heteroatoms. The summed E-state index contributed by atoms with van der Waals surface area (Å²) in [5, 5.41) is 0. The van der Waals surface area contributed by atoms with Gasteiger partial charge in [0.2, 0.25) is 0 Å². The Morgan fingerprint density at radius 2 is 1.95 bits per heavy atom. The molecule has 0 amide bonds. The van der Waals surface area contributed by atoms with Crippen LogP contribution in [0.3, 0.4) is 0 Å². The number of rotatable bonds is 6. The predicted molar refractivity (Wildman–Crippen MR) is 79.4 cm³/mol. The Bertz CT molecular complexity index is 597. The summed E-state index contributed by atoms with van der Waals surface area (Å²) < 4.78 is 17.9. The molecule has 2 aromatic rings. The smallest absolute Gasteiger partial charge is 0.182 e. The molecule has 0 aliphatic rings. The van der Waals surface area contributed by atoms with Crippen LogP contribution in [0.5, 0.6) is 5.75 Å². The van der Waals surface area contributed by atoms with Crippen LogP contribution in [-0.4, -0.2) is 31.5 Å². The van der Waals surface area contributed by atoms with Crippen molar-refractivity contribution in [2.24, 2.45) is 0 Å². The molecule has 0 aliphatic heterocycles. The van der Waals surface area contributed by atoms with Crippen molar-refractivity contribution in [3.63, 3.8) is 0 Å². The standard InChI is InChI=1S/C16H17FN2O2/c1-19(13-4-6-14(21-2)7-5-13)10-9-16(20)15-8-3-12(17)11-18-15/h3-8,11H,9-10H2,1-2H3. The minimum atomic E-state index is -0.443. The van der Waals surface area contributed by atoms with Crippen molar-refractivity contribution in [2.45, 2.75) is 6.42 Å². The van der Waals surface area contributed by atoms with E-state index >= 15 is 0 Å². The Morgan fingerprint density at radius 1 is 1.24 bits per heavy atom. The van der Waals surface area contributed by atoms with E-state index in [9.17, 15) is 9.18 Å². The maximum atomic E-state index is 12.8. The second kappa shape index (κ2) is 6.83. The highest BCUT2D eigenvalue weighted by Gasteiger charge is 2.09. The van der Waals surface area contributed by atoms with E-state index in [0.29, 0.717) is 18.7 Å². The van der Waals surface area contributed by atoms with Crippen molar-refractivity contribution in [3.8, 4) is 5.75 Å². The highest BCUT2D eigenvalue weighted by Crippen LogP contribution is 2.18. The van der Waals surface area contributed by atoms with Crippen LogP contribution in [0.15, 0.2) is 42.6 Å². The summed E-state index contributed by atoms with van der Waals surface area (Å²) in [6.45, 7) is 0.560. The van der Waals surface area contributed by atoms with Crippen molar-refractivity contribution in [3.05, 3.63) is 54.1 Å². The summed E-state index contributed by atoms with van der Waals surface area (Å²) in [5.41, 5.74) is 1.29. The van der Waals surface area contributed by atoms with E-state index in [4.69, 9.17) is 4.74 Å². The van der Waals surface area contributed by atoms with Crippen LogP contribution in [0.2, 0.25) is 0 Å². The molecule has 110 valence electrons. The van der Waals surface area contributed by atoms with Gasteiger partial charge in [-0.15, -0.1) is 0 Å². The summed E-state index contributed by atoms with van der Waals surface area (Å²) in [6.07, 6.45) is 1.38. The second-order valence-electron chi connectivity index (χ2n) is 4.65. The van der Waals surface area contributed by atoms with Crippen LogP contribution in [-0.2, 0) is 0 Å². The van der Waals surface area contributed by atoms with Crippen LogP contribution >= 0.6 is 0 Å². The highest BCUT2D eigenvalue weighted by molar-refractivity contribution is 5.94. The van der Waals surface area contributed by atoms with E-state index in [1.807, 2.05) is 36.2 Å². The minimum Gasteiger partial charge on any atom is -0.497 e. The third-order valence-electron chi connectivity index (χ3n) is 3.20. The predicted octanol–water partition coefficient (Wildman–Crippen LogP) is 2.94. The second-order valence-corrected chi connectivity index (χ2v) is 4.65. The summed E-state index contributed by atoms with van der Waals surface area (Å²) in [6, 6.07) is 10.3. The molecule has 1 heterocycles. The molecule has 0 spiro atoms. The number of hydrogen-bond acceptors (Lipinski definition) is 4. The van der Waals surface area contributed by atoms with Gasteiger partial charge in [0, 0.05) is 25.7 Å². The molecule has 0 N–H and O–H groups in total. The van der Waals surface area contributed by atoms with E-state index in [1.54, 1.807) is 7.11 Å². The lowest BCUT2D eigenvalue weighted by molar-refractivity contribution is 0.0980. The van der Waals surface area contributed by atoms with Crippen LogP contribution in [0.1, 0.15) is 16.9 Å². The average molecular weight is 288 g/mol. The van der Waals surface area contributed by atoms with Gasteiger partial charge in [0.25, 0.3) is 0 Å². The molecule has 1 aromatic carbocycles. The van der Waals surface area contributed by atoms with Gasteiger partial charge in [-0.3, -0.25) is 9.78 Å². The lowest BCUT2D eigenvalue weighted by Crippen LogP contribution is -2.21. The maximum Gasteiger partial charge on any atom is 0.182 e. The molecular weight excluding hydrogens is 271 g/mol. The molecule has 0 bridgehead atoms. The summed E-state index contributed by atoms with van der Waals surface area (Å²) >= 11 is 0. The van der Waals surface area contributed by atoms with Gasteiger partial charge in [-0.1, -0.05) is 0 Å². The Kier molecular flexibility index (Phi) is 4.87. The highest BCUT2D eigenvalue weighted by atomic mass is 19.1. The van der Waals surface area contributed by atoms with Gasteiger partial charge in [-0.05, 0) is 36.4 Å². The van der Waals surface area contributed by atoms with Crippen molar-refractivity contribution < 1.29 is 13.9 Å². The van der Waals surface area contributed by atoms with Crippen molar-refractivity contribution >= 4 is 11.5 Å².